The molecule has 0 aliphatic carbocycles. The Morgan fingerprint density at radius 3 is 2.78 bits per heavy atom. The van der Waals surface area contributed by atoms with Gasteiger partial charge in [-0.1, -0.05) is 18.2 Å². The number of hydrogen-bond acceptors (Lipinski definition) is 3. The van der Waals surface area contributed by atoms with Gasteiger partial charge in [-0.15, -0.1) is 0 Å². The van der Waals surface area contributed by atoms with Crippen LogP contribution in [0, 0.1) is 13.8 Å². The number of nitrogens with one attached hydrogen (secondary N) is 2. The van der Waals surface area contributed by atoms with E-state index in [2.05, 4.69) is 69.6 Å². The molecule has 0 unspecified atom stereocenters. The summed E-state index contributed by atoms with van der Waals surface area (Å²) in [5.41, 5.74) is 7.41. The van der Waals surface area contributed by atoms with Gasteiger partial charge in [-0.3, -0.25) is 4.99 Å². The van der Waals surface area contributed by atoms with Crippen LogP contribution in [-0.4, -0.2) is 33.7 Å². The number of rotatable bonds is 2. The summed E-state index contributed by atoms with van der Waals surface area (Å²) >= 11 is 0. The first-order valence-corrected chi connectivity index (χ1v) is 7.54. The van der Waals surface area contributed by atoms with E-state index in [1.165, 1.54) is 27.4 Å². The third kappa shape index (κ3) is 1.97. The molecule has 2 N–H and O–H groups in total. The predicted molar refractivity (Wildman–Crippen MR) is 94.2 cm³/mol. The van der Waals surface area contributed by atoms with Crippen LogP contribution in [0.3, 0.4) is 0 Å². The molecular formula is C18H17N5. The first-order chi connectivity index (χ1) is 11.2. The molecule has 2 aromatic heterocycles. The standard InChI is InChI=1S/C18H17N5/c1-10-8-13(18-15(9-19-3)21-23-22-18)11(2)16-12-6-4-5-7-14(12)20-17(10)16/h4-9,20H,1-3H3,(H,21,22,23). The first-order valence-electron chi connectivity index (χ1n) is 7.54. The van der Waals surface area contributed by atoms with Crippen molar-refractivity contribution < 1.29 is 0 Å². The maximum absolute atomic E-state index is 4.34. The molecule has 0 saturated carbocycles. The highest BCUT2D eigenvalue weighted by Gasteiger charge is 2.17. The number of aromatic nitrogens is 4. The van der Waals surface area contributed by atoms with Gasteiger partial charge in [0.15, 0.2) is 0 Å². The fraction of sp³-hybridized carbons (Fsp3) is 0.167. The number of aliphatic imine (C=N–C) groups is 1. The number of aryl methyl sites for hydroxylation is 2. The lowest BCUT2D eigenvalue weighted by molar-refractivity contribution is 0.939. The zero-order chi connectivity index (χ0) is 16.0. The second-order valence-corrected chi connectivity index (χ2v) is 5.73. The Kier molecular flexibility index (Phi) is 3.01. The Balaban J connectivity index is 2.11. The molecule has 0 amide bonds. The molecule has 114 valence electrons. The zero-order valence-corrected chi connectivity index (χ0v) is 13.3. The Hall–Kier alpha value is -2.95. The quantitative estimate of drug-likeness (QED) is 0.553. The molecule has 0 aliphatic rings. The van der Waals surface area contributed by atoms with Gasteiger partial charge in [0, 0.05) is 34.4 Å². The van der Waals surface area contributed by atoms with E-state index in [-0.39, 0.29) is 0 Å². The van der Waals surface area contributed by atoms with Gasteiger partial charge in [0.25, 0.3) is 0 Å². The second-order valence-electron chi connectivity index (χ2n) is 5.73. The normalized spacial score (nSPS) is 12.0. The number of para-hydroxylation sites is 1. The van der Waals surface area contributed by atoms with Crippen molar-refractivity contribution in [3.8, 4) is 11.3 Å². The van der Waals surface area contributed by atoms with E-state index in [4.69, 9.17) is 0 Å². The van der Waals surface area contributed by atoms with E-state index in [0.29, 0.717) is 0 Å². The molecule has 2 aromatic carbocycles. The Morgan fingerprint density at radius 2 is 1.96 bits per heavy atom. The van der Waals surface area contributed by atoms with Crippen molar-refractivity contribution in [2.24, 2.45) is 4.99 Å². The van der Waals surface area contributed by atoms with Crippen LogP contribution < -0.4 is 0 Å². The van der Waals surface area contributed by atoms with Crippen molar-refractivity contribution in [1.29, 1.82) is 0 Å². The van der Waals surface area contributed by atoms with E-state index in [9.17, 15) is 0 Å². The van der Waals surface area contributed by atoms with Gasteiger partial charge >= 0.3 is 0 Å². The molecule has 0 radical (unpaired) electrons. The summed E-state index contributed by atoms with van der Waals surface area (Å²) in [5.74, 6) is 0. The van der Waals surface area contributed by atoms with E-state index in [1.807, 2.05) is 0 Å². The van der Waals surface area contributed by atoms with Crippen LogP contribution in [0.4, 0.5) is 0 Å². The Labute approximate surface area is 133 Å². The summed E-state index contributed by atoms with van der Waals surface area (Å²) in [6.45, 7) is 4.26. The highest BCUT2D eigenvalue weighted by atomic mass is 15.3. The minimum atomic E-state index is 0.759. The minimum absolute atomic E-state index is 0.759. The molecule has 4 rings (SSSR count). The third-order valence-corrected chi connectivity index (χ3v) is 4.32. The summed E-state index contributed by atoms with van der Waals surface area (Å²) in [7, 11) is 1.74. The number of benzene rings is 2. The molecule has 0 bridgehead atoms. The highest BCUT2D eigenvalue weighted by molar-refractivity contribution is 6.12. The van der Waals surface area contributed by atoms with E-state index in [0.717, 1.165) is 22.5 Å². The molecule has 23 heavy (non-hydrogen) atoms. The Morgan fingerprint density at radius 1 is 1.13 bits per heavy atom. The minimum Gasteiger partial charge on any atom is -0.354 e. The van der Waals surface area contributed by atoms with Crippen molar-refractivity contribution in [3.05, 3.63) is 47.2 Å². The lowest BCUT2D eigenvalue weighted by Crippen LogP contribution is -1.92. The topological polar surface area (TPSA) is 69.7 Å². The molecule has 0 spiro atoms. The number of fused-ring (bicyclic) bond motifs is 3. The second kappa shape index (κ2) is 5.05. The average Bonchev–Trinajstić information content (AvgIpc) is 3.16. The van der Waals surface area contributed by atoms with Crippen LogP contribution in [0.5, 0.6) is 0 Å². The molecule has 0 saturated heterocycles. The summed E-state index contributed by atoms with van der Waals surface area (Å²) in [5, 5.41) is 13.7. The monoisotopic (exact) mass is 303 g/mol. The van der Waals surface area contributed by atoms with E-state index < -0.39 is 0 Å². The van der Waals surface area contributed by atoms with Crippen molar-refractivity contribution >= 4 is 28.0 Å². The van der Waals surface area contributed by atoms with Gasteiger partial charge in [-0.05, 0) is 37.1 Å². The predicted octanol–water partition coefficient (Wildman–Crippen LogP) is 3.77. The lowest BCUT2D eigenvalue weighted by atomic mass is 9.96. The van der Waals surface area contributed by atoms with Crippen LogP contribution in [0.1, 0.15) is 16.8 Å². The first kappa shape index (κ1) is 13.7. The Bertz CT molecular complexity index is 1050. The maximum Gasteiger partial charge on any atom is 0.131 e. The molecule has 2 heterocycles. The van der Waals surface area contributed by atoms with Gasteiger partial charge < -0.3 is 4.98 Å². The number of nitrogens with zero attached hydrogens (tertiary/aromatic N) is 3. The van der Waals surface area contributed by atoms with Crippen LogP contribution >= 0.6 is 0 Å². The molecule has 4 aromatic rings. The number of H-pyrrole nitrogens is 2. The zero-order valence-electron chi connectivity index (χ0n) is 13.3. The van der Waals surface area contributed by atoms with Crippen molar-refractivity contribution in [3.63, 3.8) is 0 Å². The van der Waals surface area contributed by atoms with Gasteiger partial charge in [-0.25, -0.2) is 0 Å². The fourth-order valence-electron chi connectivity index (χ4n) is 3.25. The fourth-order valence-corrected chi connectivity index (χ4v) is 3.25. The average molecular weight is 303 g/mol. The maximum atomic E-state index is 4.34. The molecule has 0 aliphatic heterocycles. The summed E-state index contributed by atoms with van der Waals surface area (Å²) in [6.07, 6.45) is 1.73. The van der Waals surface area contributed by atoms with Gasteiger partial charge in [0.2, 0.25) is 0 Å². The highest BCUT2D eigenvalue weighted by Crippen LogP contribution is 2.36. The molecule has 5 nitrogen and oxygen atoms in total. The smallest absolute Gasteiger partial charge is 0.131 e. The van der Waals surface area contributed by atoms with Gasteiger partial charge in [-0.2, -0.15) is 15.4 Å². The summed E-state index contributed by atoms with van der Waals surface area (Å²) in [4.78, 5) is 7.59. The van der Waals surface area contributed by atoms with Gasteiger partial charge in [0.1, 0.15) is 11.4 Å². The lowest BCUT2D eigenvalue weighted by Gasteiger charge is -2.08. The third-order valence-electron chi connectivity index (χ3n) is 4.32. The van der Waals surface area contributed by atoms with Crippen LogP contribution in [0.25, 0.3) is 33.1 Å². The van der Waals surface area contributed by atoms with Crippen LogP contribution in [-0.2, 0) is 0 Å². The van der Waals surface area contributed by atoms with Crippen LogP contribution in [0.2, 0.25) is 0 Å². The summed E-state index contributed by atoms with van der Waals surface area (Å²) < 4.78 is 0. The van der Waals surface area contributed by atoms with Crippen LogP contribution in [0.15, 0.2) is 35.3 Å². The van der Waals surface area contributed by atoms with Gasteiger partial charge in [0.05, 0.1) is 6.21 Å². The summed E-state index contributed by atoms with van der Waals surface area (Å²) in [6, 6.07) is 10.6. The molecule has 5 heteroatoms. The number of aromatic amines is 2. The van der Waals surface area contributed by atoms with Crippen molar-refractivity contribution in [2.45, 2.75) is 13.8 Å². The largest absolute Gasteiger partial charge is 0.354 e. The van der Waals surface area contributed by atoms with E-state index >= 15 is 0 Å². The van der Waals surface area contributed by atoms with Crippen molar-refractivity contribution in [1.82, 2.24) is 20.4 Å². The SMILES string of the molecule is CN=Cc1n[nH]nc1-c1cc(C)c2[nH]c3ccccc3c2c1C. The van der Waals surface area contributed by atoms with E-state index in [1.54, 1.807) is 13.3 Å². The molecular weight excluding hydrogens is 286 g/mol. The van der Waals surface area contributed by atoms with Crippen molar-refractivity contribution in [2.75, 3.05) is 7.05 Å². The molecule has 0 atom stereocenters. The molecule has 0 fully saturated rings. The number of hydrogen-bond donors (Lipinski definition) is 2.